The normalized spacial score (nSPS) is 21.9. The monoisotopic (exact) mass is 898 g/mol. The molecule has 4 atom stereocenters. The van der Waals surface area contributed by atoms with Crippen molar-refractivity contribution in [2.75, 3.05) is 36.0 Å². The van der Waals surface area contributed by atoms with Gasteiger partial charge in [-0.05, 0) is 85.5 Å². The Balaban J connectivity index is 0.000000154. The van der Waals surface area contributed by atoms with Crippen LogP contribution in [0.15, 0.2) is 57.4 Å². The lowest BCUT2D eigenvalue weighted by Crippen LogP contribution is -2.36. The number of hydrogen-bond acceptors (Lipinski definition) is 16. The summed E-state index contributed by atoms with van der Waals surface area (Å²) >= 11 is 0. The van der Waals surface area contributed by atoms with Crippen LogP contribution in [-0.4, -0.2) is 76.3 Å². The van der Waals surface area contributed by atoms with Gasteiger partial charge in [0.2, 0.25) is 23.4 Å². The number of fused-ring (bicyclic) bond motifs is 4. The molecule has 8 heterocycles. The second-order valence-electron chi connectivity index (χ2n) is 18.8. The number of rotatable bonds is 8. The Kier molecular flexibility index (Phi) is 12.5. The van der Waals surface area contributed by atoms with Gasteiger partial charge < -0.3 is 18.6 Å². The van der Waals surface area contributed by atoms with Gasteiger partial charge in [0.05, 0.1) is 23.5 Å². The maximum absolute atomic E-state index is 9.23. The third kappa shape index (κ3) is 8.76. The molecule has 16 heteroatoms. The summed E-state index contributed by atoms with van der Waals surface area (Å²) in [7, 11) is 0. The van der Waals surface area contributed by atoms with Gasteiger partial charge in [-0.15, -0.1) is 20.4 Å². The first-order valence-corrected chi connectivity index (χ1v) is 23.7. The highest BCUT2D eigenvalue weighted by molar-refractivity contribution is 5.58. The summed E-state index contributed by atoms with van der Waals surface area (Å²) in [4.78, 5) is 29.5. The number of piperidine rings is 2. The van der Waals surface area contributed by atoms with Crippen LogP contribution in [0, 0.1) is 48.3 Å². The molecule has 6 aromatic rings. The Labute approximate surface area is 392 Å². The number of aromatic nitrogens is 8. The van der Waals surface area contributed by atoms with Gasteiger partial charge in [-0.25, -0.2) is 19.9 Å². The van der Waals surface area contributed by atoms with E-state index < -0.39 is 0 Å². The van der Waals surface area contributed by atoms with Gasteiger partial charge >= 0.3 is 0 Å². The van der Waals surface area contributed by atoms with Crippen molar-refractivity contribution >= 4 is 11.6 Å². The van der Waals surface area contributed by atoms with E-state index >= 15 is 0 Å². The smallest absolute Gasteiger partial charge is 0.285 e. The van der Waals surface area contributed by atoms with Gasteiger partial charge in [0.1, 0.15) is 11.6 Å². The average molecular weight is 899 g/mol. The molecule has 4 aliphatic heterocycles. The van der Waals surface area contributed by atoms with Crippen LogP contribution in [-0.2, 0) is 39.0 Å². The Morgan fingerprint density at radius 2 is 1.03 bits per heavy atom. The molecule has 67 heavy (non-hydrogen) atoms. The molecule has 0 amide bonds. The fraction of sp³-hybridized carbons (Fsp3) is 0.490. The van der Waals surface area contributed by atoms with Gasteiger partial charge in [0.25, 0.3) is 11.8 Å². The second kappa shape index (κ2) is 18.9. The molecule has 16 nitrogen and oxygen atoms in total. The van der Waals surface area contributed by atoms with Gasteiger partial charge in [-0.2, -0.15) is 10.5 Å². The summed E-state index contributed by atoms with van der Waals surface area (Å²) in [5, 5.41) is 34.8. The summed E-state index contributed by atoms with van der Waals surface area (Å²) in [5.74, 6) is 5.45. The maximum Gasteiger partial charge on any atom is 0.285 e. The number of aryl methyl sites for hydroxylation is 4. The first kappa shape index (κ1) is 44.2. The number of nitrogens with zero attached hydrogens (tertiary/aromatic N) is 14. The van der Waals surface area contributed by atoms with Crippen molar-refractivity contribution in [1.82, 2.24) is 50.1 Å². The van der Waals surface area contributed by atoms with Crippen LogP contribution in [0.4, 0.5) is 11.6 Å². The zero-order valence-corrected chi connectivity index (χ0v) is 37.7. The third-order valence-corrected chi connectivity index (χ3v) is 14.5. The molecule has 6 aliphatic rings. The first-order valence-electron chi connectivity index (χ1n) is 23.7. The zero-order valence-electron chi connectivity index (χ0n) is 37.7. The Morgan fingerprint density at radius 1 is 0.582 bits per heavy atom. The molecular weight excluding hydrogens is 841 g/mol. The van der Waals surface area contributed by atoms with Crippen molar-refractivity contribution in [3.63, 3.8) is 0 Å². The van der Waals surface area contributed by atoms with Gasteiger partial charge in [-0.3, -0.25) is 9.80 Å². The molecule has 0 saturated carbocycles. The molecule has 0 bridgehead atoms. The Bertz CT molecular complexity index is 2650. The molecular formula is C51H58N14O2. The summed E-state index contributed by atoms with van der Waals surface area (Å²) < 4.78 is 11.4. The average Bonchev–Trinajstić information content (AvgIpc) is 4.21. The molecule has 4 aromatic heterocycles. The van der Waals surface area contributed by atoms with E-state index in [4.69, 9.17) is 28.8 Å². The van der Waals surface area contributed by atoms with Gasteiger partial charge in [-0.1, -0.05) is 56.0 Å². The van der Waals surface area contributed by atoms with E-state index in [-0.39, 0.29) is 7.43 Å². The number of hydrogen-bond donors (Lipinski definition) is 0. The fourth-order valence-corrected chi connectivity index (χ4v) is 11.4. The van der Waals surface area contributed by atoms with Crippen LogP contribution < -0.4 is 9.80 Å². The lowest BCUT2D eigenvalue weighted by Gasteiger charge is -2.34. The molecule has 2 aromatic carbocycles. The largest absolute Gasteiger partial charge is 0.418 e. The number of benzene rings is 2. The first-order chi connectivity index (χ1) is 32.4. The van der Waals surface area contributed by atoms with E-state index in [1.165, 1.54) is 33.4 Å². The minimum absolute atomic E-state index is 0. The van der Waals surface area contributed by atoms with Crippen molar-refractivity contribution in [3.8, 4) is 35.6 Å². The minimum Gasteiger partial charge on any atom is -0.418 e. The molecule has 2 unspecified atom stereocenters. The van der Waals surface area contributed by atoms with E-state index in [1.807, 2.05) is 0 Å². The molecule has 2 saturated heterocycles. The Hall–Kier alpha value is -6.62. The quantitative estimate of drug-likeness (QED) is 0.141. The van der Waals surface area contributed by atoms with Gasteiger partial charge in [0.15, 0.2) is 0 Å². The highest BCUT2D eigenvalue weighted by atomic mass is 16.4. The summed E-state index contributed by atoms with van der Waals surface area (Å²) in [6, 6.07) is 23.1. The summed E-state index contributed by atoms with van der Waals surface area (Å²) in [6.45, 7) is 10.4. The van der Waals surface area contributed by atoms with Crippen molar-refractivity contribution < 1.29 is 8.83 Å². The molecule has 0 radical (unpaired) electrons. The third-order valence-electron chi connectivity index (χ3n) is 14.5. The van der Waals surface area contributed by atoms with E-state index in [1.54, 1.807) is 13.8 Å². The zero-order chi connectivity index (χ0) is 44.7. The van der Waals surface area contributed by atoms with E-state index in [0.29, 0.717) is 72.0 Å². The van der Waals surface area contributed by atoms with Crippen LogP contribution in [0.1, 0.15) is 127 Å². The van der Waals surface area contributed by atoms with Crippen molar-refractivity contribution in [2.24, 2.45) is 11.8 Å². The standard InChI is InChI=1S/2C25H27N7O.CH4/c2*1-16-29-30-25(33-16)23-27-21-15-32(22-9-8-18-6-2-3-7-19(18)22)14-20(21)24(28-23)31-12-4-5-17(13-31)10-11-26;/h2*2-3,6-7,17,22H,4-5,8-10,12-15H2,1H3;1H4/t2*17-,22?;/m00./s1. The number of nitriles is 2. The SMILES string of the molecule is C.Cc1nnc(-c2nc3c(c(N4CCC[C@@H](CC#N)C4)n2)CN(C2CCc4ccccc42)C3)o1.Cc1nnc(-c2nc3c(c(N4CCC[C@@H](CC#N)C4)n2)CN(C2CCc4ccccc42)C3)o1. The van der Waals surface area contributed by atoms with Crippen molar-refractivity contribution in [3.05, 3.63) is 105 Å². The van der Waals surface area contributed by atoms with Crippen molar-refractivity contribution in [1.29, 1.82) is 10.5 Å². The van der Waals surface area contributed by atoms with Crippen LogP contribution in [0.25, 0.3) is 23.4 Å². The lowest BCUT2D eigenvalue weighted by molar-refractivity contribution is 0.199. The molecule has 12 rings (SSSR count). The maximum atomic E-state index is 9.23. The molecule has 2 fully saturated rings. The van der Waals surface area contributed by atoms with E-state index in [9.17, 15) is 10.5 Å². The second-order valence-corrected chi connectivity index (χ2v) is 18.8. The molecule has 0 N–H and O–H groups in total. The topological polar surface area (TPSA) is 190 Å². The molecule has 344 valence electrons. The summed E-state index contributed by atoms with van der Waals surface area (Å²) in [5.41, 5.74) is 10.3. The van der Waals surface area contributed by atoms with Crippen LogP contribution in [0.2, 0.25) is 0 Å². The van der Waals surface area contributed by atoms with Gasteiger partial charge in [0, 0.05) is 102 Å². The highest BCUT2D eigenvalue weighted by Crippen LogP contribution is 2.44. The van der Waals surface area contributed by atoms with Crippen LogP contribution >= 0.6 is 0 Å². The van der Waals surface area contributed by atoms with E-state index in [2.05, 4.69) is 101 Å². The van der Waals surface area contributed by atoms with Crippen molar-refractivity contribution in [2.45, 2.75) is 124 Å². The summed E-state index contributed by atoms with van der Waals surface area (Å²) in [6.07, 6.45) is 10.0. The fourth-order valence-electron chi connectivity index (χ4n) is 11.4. The molecule has 0 spiro atoms. The lowest BCUT2D eigenvalue weighted by atomic mass is 9.95. The van der Waals surface area contributed by atoms with Crippen LogP contribution in [0.3, 0.4) is 0 Å². The predicted molar refractivity (Wildman–Crippen MR) is 251 cm³/mol. The minimum atomic E-state index is 0. The molecule has 2 aliphatic carbocycles. The Morgan fingerprint density at radius 3 is 1.45 bits per heavy atom. The predicted octanol–water partition coefficient (Wildman–Crippen LogP) is 8.57. The highest BCUT2D eigenvalue weighted by Gasteiger charge is 2.38. The number of anilines is 2. The van der Waals surface area contributed by atoms with E-state index in [0.717, 1.165) is 127 Å². The van der Waals surface area contributed by atoms with Crippen LogP contribution in [0.5, 0.6) is 0 Å².